The third-order valence-electron chi connectivity index (χ3n) is 1.84. The van der Waals surface area contributed by atoms with Crippen LogP contribution in [0.4, 0.5) is 0 Å². The Morgan fingerprint density at radius 3 is 2.93 bits per heavy atom. The minimum Gasteiger partial charge on any atom is -0.468 e. The van der Waals surface area contributed by atoms with Crippen LogP contribution in [0.25, 0.3) is 0 Å². The minimum atomic E-state index is -0.255. The number of hydrogen-bond acceptors (Lipinski definition) is 5. The number of likely N-dealkylation sites (N-methyl/N-ethyl adjacent to an activating group) is 1. The molecule has 6 nitrogen and oxygen atoms in total. The second kappa shape index (κ2) is 4.71. The summed E-state index contributed by atoms with van der Waals surface area (Å²) in [5, 5.41) is 3.93. The van der Waals surface area contributed by atoms with Gasteiger partial charge in [-0.2, -0.15) is 5.10 Å². The van der Waals surface area contributed by atoms with Gasteiger partial charge in [-0.05, 0) is 7.05 Å². The summed E-state index contributed by atoms with van der Waals surface area (Å²) in [6, 6.07) is 0. The number of esters is 1. The zero-order chi connectivity index (χ0) is 10.6. The molecule has 14 heavy (non-hydrogen) atoms. The van der Waals surface area contributed by atoms with E-state index >= 15 is 0 Å². The van der Waals surface area contributed by atoms with Crippen molar-refractivity contribution in [3.63, 3.8) is 0 Å². The Morgan fingerprint density at radius 2 is 2.43 bits per heavy atom. The van der Waals surface area contributed by atoms with Crippen molar-refractivity contribution in [1.82, 2.24) is 19.7 Å². The average Bonchev–Trinajstić information content (AvgIpc) is 2.51. The number of ether oxygens (including phenoxy) is 1. The summed E-state index contributed by atoms with van der Waals surface area (Å²) < 4.78 is 6.22. The first kappa shape index (κ1) is 10.6. The third-order valence-corrected chi connectivity index (χ3v) is 1.84. The predicted octanol–water partition coefficient (Wildman–Crippen LogP) is -0.580. The summed E-state index contributed by atoms with van der Waals surface area (Å²) in [5.74, 6) is 0.561. The molecule has 0 saturated heterocycles. The number of carbonyl (C=O) groups is 1. The van der Waals surface area contributed by atoms with E-state index < -0.39 is 0 Å². The zero-order valence-electron chi connectivity index (χ0n) is 8.60. The Balaban J connectivity index is 2.45. The van der Waals surface area contributed by atoms with E-state index in [1.165, 1.54) is 13.4 Å². The molecule has 1 rings (SSSR count). The molecule has 78 valence electrons. The van der Waals surface area contributed by atoms with Crippen LogP contribution < -0.4 is 0 Å². The van der Waals surface area contributed by atoms with Gasteiger partial charge in [0, 0.05) is 7.05 Å². The first-order valence-corrected chi connectivity index (χ1v) is 4.21. The molecule has 0 unspecified atom stereocenters. The van der Waals surface area contributed by atoms with E-state index in [2.05, 4.69) is 14.8 Å². The summed E-state index contributed by atoms with van der Waals surface area (Å²) in [6.45, 7) is 0.828. The lowest BCUT2D eigenvalue weighted by Crippen LogP contribution is -2.27. The zero-order valence-corrected chi connectivity index (χ0v) is 8.60. The first-order chi connectivity index (χ1) is 6.63. The molecular formula is C8H14N4O2. The Hall–Kier alpha value is -1.43. The van der Waals surface area contributed by atoms with Crippen LogP contribution in [-0.2, 0) is 23.1 Å². The van der Waals surface area contributed by atoms with Gasteiger partial charge in [0.1, 0.15) is 12.2 Å². The Morgan fingerprint density at radius 1 is 1.71 bits per heavy atom. The normalized spacial score (nSPS) is 10.6. The molecule has 0 aromatic carbocycles. The van der Waals surface area contributed by atoms with Crippen LogP contribution in [0, 0.1) is 0 Å². The van der Waals surface area contributed by atoms with Crippen molar-refractivity contribution in [3.05, 3.63) is 12.2 Å². The Kier molecular flexibility index (Phi) is 3.58. The van der Waals surface area contributed by atoms with E-state index in [1.807, 2.05) is 19.0 Å². The molecule has 0 atom stereocenters. The van der Waals surface area contributed by atoms with Gasteiger partial charge < -0.3 is 4.74 Å². The summed E-state index contributed by atoms with van der Waals surface area (Å²) in [4.78, 5) is 16.8. The van der Waals surface area contributed by atoms with Crippen molar-refractivity contribution in [2.45, 2.75) is 6.54 Å². The van der Waals surface area contributed by atoms with Gasteiger partial charge in [0.2, 0.25) is 0 Å². The van der Waals surface area contributed by atoms with Gasteiger partial charge in [0.05, 0.1) is 20.2 Å². The molecule has 1 aromatic rings. The van der Waals surface area contributed by atoms with Crippen molar-refractivity contribution >= 4 is 5.97 Å². The van der Waals surface area contributed by atoms with Crippen LogP contribution >= 0.6 is 0 Å². The molecule has 6 heteroatoms. The second-order valence-electron chi connectivity index (χ2n) is 3.05. The van der Waals surface area contributed by atoms with Gasteiger partial charge >= 0.3 is 5.97 Å². The lowest BCUT2D eigenvalue weighted by molar-refractivity contribution is -0.141. The lowest BCUT2D eigenvalue weighted by Gasteiger charge is -2.13. The van der Waals surface area contributed by atoms with Gasteiger partial charge in [-0.1, -0.05) is 0 Å². The Bertz CT molecular complexity index is 310. The number of aromatic nitrogens is 3. The number of carbonyl (C=O) groups excluding carboxylic acids is 1. The van der Waals surface area contributed by atoms with Gasteiger partial charge in [-0.3, -0.25) is 14.4 Å². The molecular weight excluding hydrogens is 184 g/mol. The van der Waals surface area contributed by atoms with E-state index in [1.54, 1.807) is 4.68 Å². The van der Waals surface area contributed by atoms with Crippen LogP contribution in [0.15, 0.2) is 6.33 Å². The smallest absolute Gasteiger partial charge is 0.319 e. The molecule has 1 heterocycles. The van der Waals surface area contributed by atoms with Crippen LogP contribution in [0.5, 0.6) is 0 Å². The van der Waals surface area contributed by atoms with E-state index in [0.29, 0.717) is 6.54 Å². The molecule has 0 N–H and O–H groups in total. The van der Waals surface area contributed by atoms with Crippen LogP contribution in [0.2, 0.25) is 0 Å². The summed E-state index contributed by atoms with van der Waals surface area (Å²) >= 11 is 0. The molecule has 0 saturated carbocycles. The number of aryl methyl sites for hydroxylation is 1. The van der Waals surface area contributed by atoms with Gasteiger partial charge in [0.25, 0.3) is 0 Å². The largest absolute Gasteiger partial charge is 0.468 e. The maximum Gasteiger partial charge on any atom is 0.319 e. The highest BCUT2D eigenvalue weighted by Gasteiger charge is 2.09. The number of nitrogens with zero attached hydrogens (tertiary/aromatic N) is 4. The molecule has 0 aliphatic rings. The fourth-order valence-electron chi connectivity index (χ4n) is 1.05. The van der Waals surface area contributed by atoms with E-state index in [4.69, 9.17) is 0 Å². The highest BCUT2D eigenvalue weighted by Crippen LogP contribution is 1.96. The highest BCUT2D eigenvalue weighted by atomic mass is 16.5. The van der Waals surface area contributed by atoms with Crippen molar-refractivity contribution in [1.29, 1.82) is 0 Å². The van der Waals surface area contributed by atoms with Crippen molar-refractivity contribution in [2.24, 2.45) is 7.05 Å². The Labute approximate surface area is 82.5 Å². The van der Waals surface area contributed by atoms with Gasteiger partial charge in [-0.25, -0.2) is 4.98 Å². The lowest BCUT2D eigenvalue weighted by atomic mass is 10.5. The van der Waals surface area contributed by atoms with E-state index in [0.717, 1.165) is 5.82 Å². The van der Waals surface area contributed by atoms with Crippen molar-refractivity contribution in [3.8, 4) is 0 Å². The third kappa shape index (κ3) is 2.81. The fraction of sp³-hybridized carbons (Fsp3) is 0.625. The maximum atomic E-state index is 10.9. The number of methoxy groups -OCH3 is 1. The molecule has 0 fully saturated rings. The standard InChI is InChI=1S/C8H14N4O2/c1-11(5-8(13)14-3)4-7-9-6-10-12(7)2/h6H,4-5H2,1-3H3. The number of hydrogen-bond donors (Lipinski definition) is 0. The van der Waals surface area contributed by atoms with Crippen molar-refractivity contribution in [2.75, 3.05) is 20.7 Å². The second-order valence-corrected chi connectivity index (χ2v) is 3.05. The van der Waals surface area contributed by atoms with E-state index in [-0.39, 0.29) is 12.5 Å². The monoisotopic (exact) mass is 198 g/mol. The molecule has 0 amide bonds. The summed E-state index contributed by atoms with van der Waals surface area (Å²) in [7, 11) is 5.01. The molecule has 0 spiro atoms. The quantitative estimate of drug-likeness (QED) is 0.606. The topological polar surface area (TPSA) is 60.2 Å². The van der Waals surface area contributed by atoms with E-state index in [9.17, 15) is 4.79 Å². The minimum absolute atomic E-state index is 0.253. The SMILES string of the molecule is COC(=O)CN(C)Cc1ncnn1C. The van der Waals surface area contributed by atoms with Crippen LogP contribution in [0.1, 0.15) is 5.82 Å². The molecule has 0 bridgehead atoms. The first-order valence-electron chi connectivity index (χ1n) is 4.21. The molecule has 1 aromatic heterocycles. The molecule has 0 radical (unpaired) electrons. The average molecular weight is 198 g/mol. The highest BCUT2D eigenvalue weighted by molar-refractivity contribution is 5.71. The summed E-state index contributed by atoms with van der Waals surface area (Å²) in [6.07, 6.45) is 1.49. The fourth-order valence-corrected chi connectivity index (χ4v) is 1.05. The van der Waals surface area contributed by atoms with Gasteiger partial charge in [0.15, 0.2) is 0 Å². The van der Waals surface area contributed by atoms with Gasteiger partial charge in [-0.15, -0.1) is 0 Å². The van der Waals surface area contributed by atoms with Crippen LogP contribution in [-0.4, -0.2) is 46.3 Å². The summed E-state index contributed by atoms with van der Waals surface area (Å²) in [5.41, 5.74) is 0. The number of rotatable bonds is 4. The maximum absolute atomic E-state index is 10.9. The van der Waals surface area contributed by atoms with Crippen molar-refractivity contribution < 1.29 is 9.53 Å². The molecule has 0 aliphatic heterocycles. The predicted molar refractivity (Wildman–Crippen MR) is 49.4 cm³/mol. The molecule has 0 aliphatic carbocycles. The van der Waals surface area contributed by atoms with Crippen LogP contribution in [0.3, 0.4) is 0 Å².